The minimum atomic E-state index is -4.23. The van der Waals surface area contributed by atoms with Crippen LogP contribution in [0.1, 0.15) is 48.0 Å². The van der Waals surface area contributed by atoms with Crippen LogP contribution in [0.15, 0.2) is 18.3 Å². The van der Waals surface area contributed by atoms with Gasteiger partial charge in [-0.15, -0.1) is 0 Å². The average Bonchev–Trinajstić information content (AvgIpc) is 2.87. The largest absolute Gasteiger partial charge is 0.441 e. The van der Waals surface area contributed by atoms with Crippen LogP contribution in [0, 0.1) is 12.8 Å². The molecule has 0 atom stereocenters. The third kappa shape index (κ3) is 4.77. The molecule has 1 aliphatic rings. The lowest BCUT2D eigenvalue weighted by Crippen LogP contribution is -2.18. The summed E-state index contributed by atoms with van der Waals surface area (Å²) in [6.45, 7) is 2.76. The van der Waals surface area contributed by atoms with Crippen molar-refractivity contribution in [2.24, 2.45) is 5.92 Å². The molecule has 1 fully saturated rings. The Kier molecular flexibility index (Phi) is 5.41. The van der Waals surface area contributed by atoms with Crippen molar-refractivity contribution < 1.29 is 18.0 Å². The van der Waals surface area contributed by atoms with Crippen molar-refractivity contribution in [1.82, 2.24) is 9.78 Å². The zero-order chi connectivity index (χ0) is 18.0. The Balaban J connectivity index is 1.65. The highest BCUT2D eigenvalue weighted by atomic mass is 32.2. The van der Waals surface area contributed by atoms with Gasteiger partial charge in [-0.1, -0.05) is 18.2 Å². The Hall–Kier alpha value is -1.50. The number of carbonyl (C=O) groups excluding carboxylic acids is 1. The van der Waals surface area contributed by atoms with Gasteiger partial charge in [0.1, 0.15) is 0 Å². The van der Waals surface area contributed by atoms with Crippen molar-refractivity contribution in [2.75, 3.05) is 5.75 Å². The number of thioether (sulfide) groups is 1. The van der Waals surface area contributed by atoms with E-state index in [1.807, 2.05) is 29.9 Å². The first-order chi connectivity index (χ1) is 11.8. The van der Waals surface area contributed by atoms with E-state index in [1.165, 1.54) is 19.3 Å². The Morgan fingerprint density at radius 1 is 1.36 bits per heavy atom. The molecule has 7 heteroatoms. The molecule has 0 N–H and O–H groups in total. The molecule has 0 aliphatic heterocycles. The number of rotatable bonds is 7. The lowest BCUT2D eigenvalue weighted by atomic mass is 9.85. The molecular formula is C18H21F3N2OS. The summed E-state index contributed by atoms with van der Waals surface area (Å²) in [6.07, 6.45) is 6.09. The summed E-state index contributed by atoms with van der Waals surface area (Å²) in [6, 6.07) is 3.72. The maximum Gasteiger partial charge on any atom is 0.441 e. The topological polar surface area (TPSA) is 34.9 Å². The van der Waals surface area contributed by atoms with Gasteiger partial charge in [0.05, 0.1) is 5.52 Å². The smallest absolute Gasteiger partial charge is 0.294 e. The fraction of sp³-hybridized carbons (Fsp3) is 0.556. The van der Waals surface area contributed by atoms with E-state index in [4.69, 9.17) is 0 Å². The second kappa shape index (κ2) is 7.40. The first-order valence-electron chi connectivity index (χ1n) is 8.53. The van der Waals surface area contributed by atoms with Gasteiger partial charge in [-0.05, 0) is 49.8 Å². The second-order valence-corrected chi connectivity index (χ2v) is 7.85. The fourth-order valence-electron chi connectivity index (χ4n) is 3.12. The van der Waals surface area contributed by atoms with Gasteiger partial charge in [0, 0.05) is 35.9 Å². The van der Waals surface area contributed by atoms with Crippen LogP contribution < -0.4 is 0 Å². The van der Waals surface area contributed by atoms with E-state index in [0.717, 1.165) is 23.0 Å². The summed E-state index contributed by atoms with van der Waals surface area (Å²) < 4.78 is 38.3. The number of nitrogens with zero attached hydrogens (tertiary/aromatic N) is 2. The van der Waals surface area contributed by atoms with Gasteiger partial charge in [-0.2, -0.15) is 18.3 Å². The van der Waals surface area contributed by atoms with Crippen LogP contribution in [0.3, 0.4) is 0 Å². The minimum Gasteiger partial charge on any atom is -0.294 e. The maximum absolute atomic E-state index is 12.4. The zero-order valence-corrected chi connectivity index (χ0v) is 14.9. The third-order valence-electron chi connectivity index (χ3n) is 4.68. The predicted octanol–water partition coefficient (Wildman–Crippen LogP) is 5.36. The van der Waals surface area contributed by atoms with Gasteiger partial charge in [-0.3, -0.25) is 9.48 Å². The summed E-state index contributed by atoms with van der Waals surface area (Å²) >= 11 is -0.0715. The average molecular weight is 370 g/mol. The summed E-state index contributed by atoms with van der Waals surface area (Å²) in [5, 5.41) is 5.49. The molecule has 1 aliphatic carbocycles. The van der Waals surface area contributed by atoms with Crippen LogP contribution in [0.25, 0.3) is 10.9 Å². The Morgan fingerprint density at radius 2 is 2.12 bits per heavy atom. The maximum atomic E-state index is 12.4. The second-order valence-electron chi connectivity index (χ2n) is 6.69. The number of aromatic nitrogens is 2. The molecule has 3 nitrogen and oxygen atoms in total. The highest BCUT2D eigenvalue weighted by Crippen LogP contribution is 2.31. The SMILES string of the molecule is Cc1cc2nn(CC3CCC3)cc2cc1C(=O)CCCSC(F)(F)F. The van der Waals surface area contributed by atoms with Crippen molar-refractivity contribution in [3.63, 3.8) is 0 Å². The van der Waals surface area contributed by atoms with Gasteiger partial charge in [-0.25, -0.2) is 0 Å². The lowest BCUT2D eigenvalue weighted by molar-refractivity contribution is -0.0328. The Bertz CT molecular complexity index is 766. The van der Waals surface area contributed by atoms with Crippen molar-refractivity contribution in [3.8, 4) is 0 Å². The highest BCUT2D eigenvalue weighted by molar-refractivity contribution is 8.00. The number of carbonyl (C=O) groups is 1. The lowest BCUT2D eigenvalue weighted by Gasteiger charge is -2.24. The molecule has 25 heavy (non-hydrogen) atoms. The van der Waals surface area contributed by atoms with Crippen LogP contribution in [0.5, 0.6) is 0 Å². The van der Waals surface area contributed by atoms with E-state index in [0.29, 0.717) is 11.5 Å². The van der Waals surface area contributed by atoms with Crippen LogP contribution >= 0.6 is 11.8 Å². The number of benzene rings is 1. The summed E-state index contributed by atoms with van der Waals surface area (Å²) in [5.41, 5.74) is -1.95. The predicted molar refractivity (Wildman–Crippen MR) is 93.9 cm³/mol. The number of halogens is 3. The summed E-state index contributed by atoms with van der Waals surface area (Å²) in [7, 11) is 0. The minimum absolute atomic E-state index is 0.0715. The van der Waals surface area contributed by atoms with E-state index >= 15 is 0 Å². The molecule has 0 saturated heterocycles. The number of hydrogen-bond donors (Lipinski definition) is 0. The monoisotopic (exact) mass is 370 g/mol. The van der Waals surface area contributed by atoms with Gasteiger partial charge in [0.15, 0.2) is 5.78 Å². The van der Waals surface area contributed by atoms with Crippen LogP contribution in [-0.2, 0) is 6.54 Å². The number of hydrogen-bond acceptors (Lipinski definition) is 3. The molecule has 1 aromatic heterocycles. The molecule has 0 bridgehead atoms. The molecular weight excluding hydrogens is 349 g/mol. The van der Waals surface area contributed by atoms with E-state index in [-0.39, 0.29) is 36.1 Å². The molecule has 0 unspecified atom stereocenters. The van der Waals surface area contributed by atoms with Gasteiger partial charge < -0.3 is 0 Å². The zero-order valence-electron chi connectivity index (χ0n) is 14.1. The van der Waals surface area contributed by atoms with Gasteiger partial charge in [0.25, 0.3) is 0 Å². The molecule has 2 aromatic rings. The Labute approximate surface area is 149 Å². The Morgan fingerprint density at radius 3 is 2.76 bits per heavy atom. The van der Waals surface area contributed by atoms with Crippen molar-refractivity contribution >= 4 is 28.4 Å². The van der Waals surface area contributed by atoms with Gasteiger partial charge in [0.2, 0.25) is 0 Å². The summed E-state index contributed by atoms with van der Waals surface area (Å²) in [5.74, 6) is 0.507. The highest BCUT2D eigenvalue weighted by Gasteiger charge is 2.27. The van der Waals surface area contributed by atoms with Crippen LogP contribution in [-0.4, -0.2) is 26.8 Å². The molecule has 1 aromatic carbocycles. The standard InChI is InChI=1S/C18H21F3N2OS/c1-12-8-16-14(11-23(22-16)10-13-4-2-5-13)9-15(12)17(24)6-3-7-25-18(19,20)21/h8-9,11,13H,2-7,10H2,1H3. The normalized spacial score (nSPS) is 15.5. The molecule has 3 rings (SSSR count). The number of aryl methyl sites for hydroxylation is 1. The molecule has 136 valence electrons. The molecule has 0 radical (unpaired) electrons. The molecule has 1 saturated carbocycles. The number of alkyl halides is 3. The van der Waals surface area contributed by atoms with Crippen molar-refractivity contribution in [1.29, 1.82) is 0 Å². The summed E-state index contributed by atoms with van der Waals surface area (Å²) in [4.78, 5) is 12.4. The fourth-order valence-corrected chi connectivity index (χ4v) is 3.64. The molecule has 0 spiro atoms. The number of ketones is 1. The van der Waals surface area contributed by atoms with E-state index in [2.05, 4.69) is 5.10 Å². The number of Topliss-reactive ketones (excluding diaryl/α,β-unsaturated/α-hetero) is 1. The van der Waals surface area contributed by atoms with Crippen LogP contribution in [0.2, 0.25) is 0 Å². The first kappa shape index (κ1) is 18.3. The first-order valence-corrected chi connectivity index (χ1v) is 9.52. The molecule has 0 amide bonds. The van der Waals surface area contributed by atoms with Gasteiger partial charge >= 0.3 is 5.51 Å². The van der Waals surface area contributed by atoms with Crippen molar-refractivity contribution in [3.05, 3.63) is 29.5 Å². The van der Waals surface area contributed by atoms with E-state index in [9.17, 15) is 18.0 Å². The quantitative estimate of drug-likeness (QED) is 0.486. The van der Waals surface area contributed by atoms with E-state index in [1.54, 1.807) is 0 Å². The molecule has 1 heterocycles. The van der Waals surface area contributed by atoms with Crippen LogP contribution in [0.4, 0.5) is 13.2 Å². The third-order valence-corrected chi connectivity index (χ3v) is 5.50. The van der Waals surface area contributed by atoms with Crippen molar-refractivity contribution in [2.45, 2.75) is 51.1 Å². The number of fused-ring (bicyclic) bond motifs is 1. The van der Waals surface area contributed by atoms with E-state index < -0.39 is 5.51 Å².